The topological polar surface area (TPSA) is 26.3 Å². The molecule has 2 heteroatoms. The molecule has 0 saturated carbocycles. The number of esters is 1. The first-order chi connectivity index (χ1) is 5.91. The van der Waals surface area contributed by atoms with Gasteiger partial charge in [0, 0.05) is 6.42 Å². The highest BCUT2D eigenvalue weighted by Crippen LogP contribution is 2.10. The van der Waals surface area contributed by atoms with Crippen LogP contribution in [0.15, 0.2) is 0 Å². The van der Waals surface area contributed by atoms with E-state index in [1.54, 1.807) is 0 Å². The normalized spacial score (nSPS) is 13.5. The van der Waals surface area contributed by atoms with Crippen LogP contribution in [0, 0.1) is 11.8 Å². The van der Waals surface area contributed by atoms with Gasteiger partial charge in [0.1, 0.15) is 0 Å². The second-order valence-electron chi connectivity index (χ2n) is 4.53. The molecule has 0 aliphatic rings. The Kier molecular flexibility index (Phi) is 5.76. The maximum absolute atomic E-state index is 11.2. The zero-order chi connectivity index (χ0) is 10.4. The van der Waals surface area contributed by atoms with Gasteiger partial charge < -0.3 is 4.74 Å². The van der Waals surface area contributed by atoms with Gasteiger partial charge in [-0.2, -0.15) is 0 Å². The Morgan fingerprint density at radius 2 is 1.62 bits per heavy atom. The Bertz CT molecular complexity index is 150. The van der Waals surface area contributed by atoms with Crippen molar-refractivity contribution in [1.29, 1.82) is 0 Å². The first-order valence-electron chi connectivity index (χ1n) is 5.11. The highest BCUT2D eigenvalue weighted by atomic mass is 16.5. The Hall–Kier alpha value is -0.530. The average molecular weight is 186 g/mol. The van der Waals surface area contributed by atoms with E-state index in [0.717, 1.165) is 6.42 Å². The SMILES string of the molecule is CC(C)CC(=O)O[C@@H](C)CC(C)C. The van der Waals surface area contributed by atoms with Gasteiger partial charge in [0.25, 0.3) is 0 Å². The maximum Gasteiger partial charge on any atom is 0.306 e. The lowest BCUT2D eigenvalue weighted by atomic mass is 10.1. The lowest BCUT2D eigenvalue weighted by Crippen LogP contribution is -2.17. The van der Waals surface area contributed by atoms with Crippen LogP contribution in [0.25, 0.3) is 0 Å². The van der Waals surface area contributed by atoms with E-state index in [4.69, 9.17) is 4.74 Å². The van der Waals surface area contributed by atoms with Gasteiger partial charge in [-0.25, -0.2) is 0 Å². The van der Waals surface area contributed by atoms with Gasteiger partial charge in [-0.3, -0.25) is 4.79 Å². The standard InChI is InChI=1S/C11H22O2/c1-8(2)6-10(5)13-11(12)7-9(3)4/h8-10H,6-7H2,1-5H3/t10-/m0/s1. The molecule has 13 heavy (non-hydrogen) atoms. The van der Waals surface area contributed by atoms with E-state index in [1.165, 1.54) is 0 Å². The highest BCUT2D eigenvalue weighted by Gasteiger charge is 2.11. The minimum absolute atomic E-state index is 0.0613. The lowest BCUT2D eigenvalue weighted by molar-refractivity contribution is -0.149. The van der Waals surface area contributed by atoms with Crippen molar-refractivity contribution in [2.24, 2.45) is 11.8 Å². The smallest absolute Gasteiger partial charge is 0.306 e. The van der Waals surface area contributed by atoms with Gasteiger partial charge in [-0.05, 0) is 25.2 Å². The molecule has 1 atom stereocenters. The molecule has 0 saturated heterocycles. The molecule has 0 aromatic rings. The van der Waals surface area contributed by atoms with Gasteiger partial charge in [-0.15, -0.1) is 0 Å². The molecule has 0 radical (unpaired) electrons. The fourth-order valence-electron chi connectivity index (χ4n) is 1.32. The number of carbonyl (C=O) groups is 1. The summed E-state index contributed by atoms with van der Waals surface area (Å²) in [6.07, 6.45) is 1.54. The van der Waals surface area contributed by atoms with Gasteiger partial charge in [0.2, 0.25) is 0 Å². The van der Waals surface area contributed by atoms with Gasteiger partial charge in [-0.1, -0.05) is 27.7 Å². The summed E-state index contributed by atoms with van der Waals surface area (Å²) in [4.78, 5) is 11.2. The van der Waals surface area contributed by atoms with Crippen molar-refractivity contribution < 1.29 is 9.53 Å². The van der Waals surface area contributed by atoms with Crippen LogP contribution in [-0.2, 0) is 9.53 Å². The molecular weight excluding hydrogens is 164 g/mol. The van der Waals surface area contributed by atoms with Crippen molar-refractivity contribution in [2.45, 2.75) is 53.6 Å². The quantitative estimate of drug-likeness (QED) is 0.617. The molecule has 0 aromatic carbocycles. The van der Waals surface area contributed by atoms with Crippen LogP contribution < -0.4 is 0 Å². The van der Waals surface area contributed by atoms with E-state index < -0.39 is 0 Å². The third-order valence-corrected chi connectivity index (χ3v) is 1.71. The molecule has 78 valence electrons. The Morgan fingerprint density at radius 3 is 2.00 bits per heavy atom. The van der Waals surface area contributed by atoms with Crippen LogP contribution in [0.3, 0.4) is 0 Å². The molecule has 0 heterocycles. The zero-order valence-corrected chi connectivity index (χ0v) is 9.46. The van der Waals surface area contributed by atoms with Gasteiger partial charge in [0.15, 0.2) is 0 Å². The summed E-state index contributed by atoms with van der Waals surface area (Å²) in [6.45, 7) is 10.3. The zero-order valence-electron chi connectivity index (χ0n) is 9.46. The minimum atomic E-state index is -0.0665. The summed E-state index contributed by atoms with van der Waals surface area (Å²) in [7, 11) is 0. The molecule has 0 spiro atoms. The summed E-state index contributed by atoms with van der Waals surface area (Å²) >= 11 is 0. The largest absolute Gasteiger partial charge is 0.463 e. The molecule has 0 bridgehead atoms. The van der Waals surface area contributed by atoms with Crippen molar-refractivity contribution >= 4 is 5.97 Å². The summed E-state index contributed by atoms with van der Waals surface area (Å²) in [5, 5.41) is 0. The molecule has 2 nitrogen and oxygen atoms in total. The molecule has 0 aromatic heterocycles. The predicted molar refractivity (Wildman–Crippen MR) is 54.5 cm³/mol. The second-order valence-corrected chi connectivity index (χ2v) is 4.53. The summed E-state index contributed by atoms with van der Waals surface area (Å²) in [5.41, 5.74) is 0. The fraction of sp³-hybridized carbons (Fsp3) is 0.909. The van der Waals surface area contributed by atoms with Crippen molar-refractivity contribution in [3.05, 3.63) is 0 Å². The molecule has 0 N–H and O–H groups in total. The number of ether oxygens (including phenoxy) is 1. The summed E-state index contributed by atoms with van der Waals surface area (Å²) in [5.74, 6) is 0.906. The van der Waals surface area contributed by atoms with Crippen molar-refractivity contribution in [1.82, 2.24) is 0 Å². The van der Waals surface area contributed by atoms with E-state index in [-0.39, 0.29) is 12.1 Å². The second kappa shape index (κ2) is 6.01. The molecule has 0 aliphatic carbocycles. The predicted octanol–water partition coefficient (Wildman–Crippen LogP) is 3.01. The molecule has 0 rings (SSSR count). The maximum atomic E-state index is 11.2. The van der Waals surface area contributed by atoms with E-state index in [1.807, 2.05) is 20.8 Å². The van der Waals surface area contributed by atoms with Crippen molar-refractivity contribution in [3.8, 4) is 0 Å². The fourth-order valence-corrected chi connectivity index (χ4v) is 1.32. The number of carbonyl (C=O) groups excluding carboxylic acids is 1. The first kappa shape index (κ1) is 12.5. The van der Waals surface area contributed by atoms with E-state index in [9.17, 15) is 4.79 Å². The van der Waals surface area contributed by atoms with Crippen LogP contribution in [0.1, 0.15) is 47.5 Å². The Labute approximate surface area is 81.7 Å². The number of rotatable bonds is 5. The van der Waals surface area contributed by atoms with Crippen LogP contribution in [-0.4, -0.2) is 12.1 Å². The minimum Gasteiger partial charge on any atom is -0.463 e. The third kappa shape index (κ3) is 7.82. The monoisotopic (exact) mass is 186 g/mol. The molecule has 0 unspecified atom stereocenters. The van der Waals surface area contributed by atoms with E-state index >= 15 is 0 Å². The Morgan fingerprint density at radius 1 is 1.08 bits per heavy atom. The number of hydrogen-bond donors (Lipinski definition) is 0. The summed E-state index contributed by atoms with van der Waals surface area (Å²) < 4.78 is 5.23. The highest BCUT2D eigenvalue weighted by molar-refractivity contribution is 5.69. The lowest BCUT2D eigenvalue weighted by Gasteiger charge is -2.15. The third-order valence-electron chi connectivity index (χ3n) is 1.71. The first-order valence-corrected chi connectivity index (χ1v) is 5.11. The average Bonchev–Trinajstić information content (AvgIpc) is 1.80. The molecule has 0 fully saturated rings. The summed E-state index contributed by atoms with van der Waals surface area (Å²) in [6, 6.07) is 0. The van der Waals surface area contributed by atoms with Crippen LogP contribution in [0.4, 0.5) is 0 Å². The van der Waals surface area contributed by atoms with Gasteiger partial charge in [0.05, 0.1) is 6.10 Å². The van der Waals surface area contributed by atoms with Crippen LogP contribution >= 0.6 is 0 Å². The van der Waals surface area contributed by atoms with Crippen molar-refractivity contribution in [2.75, 3.05) is 0 Å². The number of hydrogen-bond acceptors (Lipinski definition) is 2. The molecule has 0 amide bonds. The molecular formula is C11H22O2. The van der Waals surface area contributed by atoms with E-state index in [2.05, 4.69) is 13.8 Å². The van der Waals surface area contributed by atoms with Crippen molar-refractivity contribution in [3.63, 3.8) is 0 Å². The Balaban J connectivity index is 3.65. The van der Waals surface area contributed by atoms with E-state index in [0.29, 0.717) is 18.3 Å². The van der Waals surface area contributed by atoms with Gasteiger partial charge >= 0.3 is 5.97 Å². The van der Waals surface area contributed by atoms with Crippen LogP contribution in [0.2, 0.25) is 0 Å². The molecule has 0 aliphatic heterocycles. The van der Waals surface area contributed by atoms with Crippen LogP contribution in [0.5, 0.6) is 0 Å².